The molecule has 0 bridgehead atoms. The molecule has 1 aromatic rings. The quantitative estimate of drug-likeness (QED) is 0.695. The molecule has 0 saturated heterocycles. The number of nitrogens with zero attached hydrogens (tertiary/aromatic N) is 1. The van der Waals surface area contributed by atoms with Gasteiger partial charge in [-0.25, -0.2) is 4.39 Å². The molecule has 2 heteroatoms. The molecule has 72 valence electrons. The van der Waals surface area contributed by atoms with Crippen LogP contribution in [0, 0.1) is 11.7 Å². The molecule has 0 radical (unpaired) electrons. The van der Waals surface area contributed by atoms with Crippen LogP contribution < -0.4 is 0 Å². The Bertz CT molecular complexity index is 260. The monoisotopic (exact) mass is 181 g/mol. The van der Waals surface area contributed by atoms with Gasteiger partial charge in [0, 0.05) is 6.20 Å². The predicted octanol–water partition coefficient (Wildman–Crippen LogP) is 3.20. The first kappa shape index (κ1) is 10.2. The van der Waals surface area contributed by atoms with Gasteiger partial charge in [-0.3, -0.25) is 4.98 Å². The van der Waals surface area contributed by atoms with Gasteiger partial charge in [0.15, 0.2) is 0 Å². The summed E-state index contributed by atoms with van der Waals surface area (Å²) < 4.78 is 12.7. The molecule has 1 unspecified atom stereocenters. The van der Waals surface area contributed by atoms with Crippen molar-refractivity contribution in [3.63, 3.8) is 0 Å². The van der Waals surface area contributed by atoms with Crippen LogP contribution in [0.15, 0.2) is 18.5 Å². The summed E-state index contributed by atoms with van der Waals surface area (Å²) >= 11 is 0. The van der Waals surface area contributed by atoms with Crippen molar-refractivity contribution >= 4 is 0 Å². The highest BCUT2D eigenvalue weighted by atomic mass is 19.1. The van der Waals surface area contributed by atoms with E-state index in [0.29, 0.717) is 5.92 Å². The van der Waals surface area contributed by atoms with Gasteiger partial charge in [0.05, 0.1) is 6.20 Å². The van der Waals surface area contributed by atoms with Gasteiger partial charge in [-0.05, 0) is 24.0 Å². The molecule has 0 amide bonds. The second-order valence-electron chi connectivity index (χ2n) is 3.61. The van der Waals surface area contributed by atoms with Crippen LogP contribution >= 0.6 is 0 Å². The Hall–Kier alpha value is -0.920. The summed E-state index contributed by atoms with van der Waals surface area (Å²) in [5.41, 5.74) is 1.00. The Kier molecular flexibility index (Phi) is 3.87. The molecule has 0 saturated carbocycles. The molecule has 0 aliphatic carbocycles. The Morgan fingerprint density at radius 1 is 1.46 bits per heavy atom. The van der Waals surface area contributed by atoms with Crippen molar-refractivity contribution in [3.05, 3.63) is 29.8 Å². The van der Waals surface area contributed by atoms with Crippen molar-refractivity contribution in [1.29, 1.82) is 0 Å². The Labute approximate surface area is 79.0 Å². The molecule has 0 N–H and O–H groups in total. The van der Waals surface area contributed by atoms with E-state index in [2.05, 4.69) is 18.8 Å². The molecule has 1 atom stereocenters. The average molecular weight is 181 g/mol. The smallest absolute Gasteiger partial charge is 0.141 e. The first-order valence-corrected chi connectivity index (χ1v) is 4.81. The zero-order chi connectivity index (χ0) is 9.68. The Morgan fingerprint density at radius 2 is 2.23 bits per heavy atom. The van der Waals surface area contributed by atoms with E-state index in [9.17, 15) is 4.39 Å². The molecule has 0 spiro atoms. The molecule has 0 aliphatic rings. The van der Waals surface area contributed by atoms with E-state index < -0.39 is 0 Å². The van der Waals surface area contributed by atoms with Crippen LogP contribution in [0.3, 0.4) is 0 Å². The molecule has 1 nitrogen and oxygen atoms in total. The third-order valence-electron chi connectivity index (χ3n) is 2.13. The van der Waals surface area contributed by atoms with Crippen molar-refractivity contribution in [2.45, 2.75) is 33.1 Å². The van der Waals surface area contributed by atoms with Gasteiger partial charge < -0.3 is 0 Å². The highest BCUT2D eigenvalue weighted by Gasteiger charge is 2.03. The Balaban J connectivity index is 2.53. The minimum absolute atomic E-state index is 0.235. The lowest BCUT2D eigenvalue weighted by Crippen LogP contribution is -1.99. The summed E-state index contributed by atoms with van der Waals surface area (Å²) in [7, 11) is 0. The summed E-state index contributed by atoms with van der Waals surface area (Å²) in [4.78, 5) is 3.82. The van der Waals surface area contributed by atoms with Crippen molar-refractivity contribution in [1.82, 2.24) is 4.98 Å². The summed E-state index contributed by atoms with van der Waals surface area (Å²) in [6.45, 7) is 4.36. The molecular weight excluding hydrogens is 165 g/mol. The van der Waals surface area contributed by atoms with E-state index in [4.69, 9.17) is 0 Å². The van der Waals surface area contributed by atoms with E-state index >= 15 is 0 Å². The fourth-order valence-corrected chi connectivity index (χ4v) is 1.56. The molecule has 13 heavy (non-hydrogen) atoms. The number of pyridine rings is 1. The first-order chi connectivity index (χ1) is 6.22. The zero-order valence-corrected chi connectivity index (χ0v) is 8.26. The lowest BCUT2D eigenvalue weighted by Gasteiger charge is -2.08. The van der Waals surface area contributed by atoms with Crippen molar-refractivity contribution in [3.8, 4) is 0 Å². The SMILES string of the molecule is CCCC(C)Cc1cncc(F)c1. The second kappa shape index (κ2) is 4.95. The van der Waals surface area contributed by atoms with Gasteiger partial charge in [-0.15, -0.1) is 0 Å². The fraction of sp³-hybridized carbons (Fsp3) is 0.545. The van der Waals surface area contributed by atoms with Crippen LogP contribution in [0.1, 0.15) is 32.3 Å². The second-order valence-corrected chi connectivity index (χ2v) is 3.61. The maximum Gasteiger partial charge on any atom is 0.141 e. The van der Waals surface area contributed by atoms with Crippen LogP contribution in [-0.2, 0) is 6.42 Å². The van der Waals surface area contributed by atoms with E-state index in [1.807, 2.05) is 0 Å². The van der Waals surface area contributed by atoms with Crippen LogP contribution in [0.2, 0.25) is 0 Å². The maximum atomic E-state index is 12.7. The number of halogens is 1. The van der Waals surface area contributed by atoms with E-state index in [0.717, 1.165) is 12.0 Å². The van der Waals surface area contributed by atoms with Crippen molar-refractivity contribution in [2.24, 2.45) is 5.92 Å². The van der Waals surface area contributed by atoms with Crippen LogP contribution in [0.4, 0.5) is 4.39 Å². The third-order valence-corrected chi connectivity index (χ3v) is 2.13. The topological polar surface area (TPSA) is 12.9 Å². The largest absolute Gasteiger partial charge is 0.261 e. The molecule has 0 aromatic carbocycles. The lowest BCUT2D eigenvalue weighted by molar-refractivity contribution is 0.519. The minimum Gasteiger partial charge on any atom is -0.261 e. The lowest BCUT2D eigenvalue weighted by atomic mass is 9.98. The van der Waals surface area contributed by atoms with Gasteiger partial charge in [-0.2, -0.15) is 0 Å². The standard InChI is InChI=1S/C11H16FN/c1-3-4-9(2)5-10-6-11(12)8-13-7-10/h6-9H,3-5H2,1-2H3. The number of hydrogen-bond acceptors (Lipinski definition) is 1. The summed E-state index contributed by atoms with van der Waals surface area (Å²) in [6.07, 6.45) is 6.29. The van der Waals surface area contributed by atoms with Crippen molar-refractivity contribution < 1.29 is 4.39 Å². The zero-order valence-electron chi connectivity index (χ0n) is 8.26. The van der Waals surface area contributed by atoms with Gasteiger partial charge in [0.2, 0.25) is 0 Å². The summed E-state index contributed by atoms with van der Waals surface area (Å²) in [6, 6.07) is 1.57. The van der Waals surface area contributed by atoms with Crippen molar-refractivity contribution in [2.75, 3.05) is 0 Å². The first-order valence-electron chi connectivity index (χ1n) is 4.81. The van der Waals surface area contributed by atoms with Crippen LogP contribution in [0.25, 0.3) is 0 Å². The summed E-state index contributed by atoms with van der Waals surface area (Å²) in [5.74, 6) is 0.384. The molecule has 1 heterocycles. The highest BCUT2D eigenvalue weighted by molar-refractivity contribution is 5.10. The van der Waals surface area contributed by atoms with E-state index in [1.54, 1.807) is 12.3 Å². The van der Waals surface area contributed by atoms with E-state index in [-0.39, 0.29) is 5.82 Å². The van der Waals surface area contributed by atoms with Crippen LogP contribution in [0.5, 0.6) is 0 Å². The maximum absolute atomic E-state index is 12.7. The average Bonchev–Trinajstić information content (AvgIpc) is 2.04. The molecule has 1 aromatic heterocycles. The molecule has 0 fully saturated rings. The molecule has 0 aliphatic heterocycles. The van der Waals surface area contributed by atoms with Gasteiger partial charge in [-0.1, -0.05) is 26.7 Å². The van der Waals surface area contributed by atoms with Crippen LogP contribution in [-0.4, -0.2) is 4.98 Å². The minimum atomic E-state index is -0.235. The molecule has 1 rings (SSSR count). The highest BCUT2D eigenvalue weighted by Crippen LogP contribution is 2.13. The third kappa shape index (κ3) is 3.53. The number of rotatable bonds is 4. The number of hydrogen-bond donors (Lipinski definition) is 0. The predicted molar refractivity (Wildman–Crippen MR) is 52.0 cm³/mol. The van der Waals surface area contributed by atoms with Gasteiger partial charge in [0.25, 0.3) is 0 Å². The normalized spacial score (nSPS) is 12.8. The summed E-state index contributed by atoms with van der Waals surface area (Å²) in [5, 5.41) is 0. The fourth-order valence-electron chi connectivity index (χ4n) is 1.56. The molecular formula is C11H16FN. The Morgan fingerprint density at radius 3 is 2.85 bits per heavy atom. The van der Waals surface area contributed by atoms with Gasteiger partial charge in [0.1, 0.15) is 5.82 Å². The van der Waals surface area contributed by atoms with E-state index in [1.165, 1.54) is 19.0 Å². The van der Waals surface area contributed by atoms with Gasteiger partial charge >= 0.3 is 0 Å². The number of aromatic nitrogens is 1.